The second kappa shape index (κ2) is 5.51. The van der Waals surface area contributed by atoms with Crippen molar-refractivity contribution in [3.8, 4) is 0 Å². The van der Waals surface area contributed by atoms with E-state index in [1.807, 2.05) is 13.8 Å². The molecule has 0 heterocycles. The highest BCUT2D eigenvalue weighted by Gasteiger charge is 2.16. The molecule has 0 aliphatic carbocycles. The molecule has 1 unspecified atom stereocenters. The van der Waals surface area contributed by atoms with Crippen molar-refractivity contribution in [2.24, 2.45) is 0 Å². The van der Waals surface area contributed by atoms with Crippen molar-refractivity contribution in [2.45, 2.75) is 32.4 Å². The SMILES string of the molecule is CCC(C)(O)CNCc1ccc2ccccc2c1. The van der Waals surface area contributed by atoms with Crippen molar-refractivity contribution < 1.29 is 5.11 Å². The molecular formula is C16H21NO. The molecule has 2 aromatic rings. The van der Waals surface area contributed by atoms with E-state index in [0.29, 0.717) is 6.54 Å². The third kappa shape index (κ3) is 3.31. The van der Waals surface area contributed by atoms with E-state index < -0.39 is 5.60 Å². The van der Waals surface area contributed by atoms with Crippen LogP contribution in [0.4, 0.5) is 0 Å². The van der Waals surface area contributed by atoms with Crippen LogP contribution in [-0.4, -0.2) is 17.3 Å². The Kier molecular flexibility index (Phi) is 4.00. The lowest BCUT2D eigenvalue weighted by molar-refractivity contribution is 0.0556. The van der Waals surface area contributed by atoms with Gasteiger partial charge in [0, 0.05) is 13.1 Å². The third-order valence-corrected chi connectivity index (χ3v) is 3.41. The lowest BCUT2D eigenvalue weighted by Crippen LogP contribution is -2.36. The zero-order chi connectivity index (χ0) is 13.0. The Morgan fingerprint density at radius 2 is 1.83 bits per heavy atom. The van der Waals surface area contributed by atoms with Gasteiger partial charge in [0.2, 0.25) is 0 Å². The largest absolute Gasteiger partial charge is 0.389 e. The van der Waals surface area contributed by atoms with Gasteiger partial charge in [-0.2, -0.15) is 0 Å². The fraction of sp³-hybridized carbons (Fsp3) is 0.375. The fourth-order valence-corrected chi connectivity index (χ4v) is 1.95. The van der Waals surface area contributed by atoms with Crippen LogP contribution in [0.15, 0.2) is 42.5 Å². The Morgan fingerprint density at radius 3 is 2.56 bits per heavy atom. The highest BCUT2D eigenvalue weighted by atomic mass is 16.3. The predicted molar refractivity (Wildman–Crippen MR) is 76.6 cm³/mol. The quantitative estimate of drug-likeness (QED) is 0.845. The van der Waals surface area contributed by atoms with Crippen molar-refractivity contribution >= 4 is 10.8 Å². The van der Waals surface area contributed by atoms with E-state index >= 15 is 0 Å². The Balaban J connectivity index is 2.00. The minimum atomic E-state index is -0.614. The third-order valence-electron chi connectivity index (χ3n) is 3.41. The van der Waals surface area contributed by atoms with Gasteiger partial charge in [0.25, 0.3) is 0 Å². The maximum Gasteiger partial charge on any atom is 0.0741 e. The van der Waals surface area contributed by atoms with Gasteiger partial charge >= 0.3 is 0 Å². The van der Waals surface area contributed by atoms with E-state index in [9.17, 15) is 5.11 Å². The summed E-state index contributed by atoms with van der Waals surface area (Å²) < 4.78 is 0. The molecular weight excluding hydrogens is 222 g/mol. The van der Waals surface area contributed by atoms with Crippen LogP contribution in [-0.2, 0) is 6.54 Å². The summed E-state index contributed by atoms with van der Waals surface area (Å²) in [5.74, 6) is 0. The van der Waals surface area contributed by atoms with Gasteiger partial charge in [-0.25, -0.2) is 0 Å². The molecule has 2 rings (SSSR count). The molecule has 18 heavy (non-hydrogen) atoms. The molecule has 1 atom stereocenters. The molecule has 2 aromatic carbocycles. The first-order chi connectivity index (χ1) is 8.61. The van der Waals surface area contributed by atoms with E-state index in [0.717, 1.165) is 13.0 Å². The highest BCUT2D eigenvalue weighted by molar-refractivity contribution is 5.82. The van der Waals surface area contributed by atoms with Crippen LogP contribution >= 0.6 is 0 Å². The number of rotatable bonds is 5. The van der Waals surface area contributed by atoms with Crippen LogP contribution in [0.2, 0.25) is 0 Å². The molecule has 2 heteroatoms. The number of aliphatic hydroxyl groups is 1. The van der Waals surface area contributed by atoms with Crippen LogP contribution in [0.5, 0.6) is 0 Å². The normalized spacial score (nSPS) is 14.6. The number of fused-ring (bicyclic) bond motifs is 1. The van der Waals surface area contributed by atoms with E-state index in [1.165, 1.54) is 16.3 Å². The lowest BCUT2D eigenvalue weighted by atomic mass is 10.0. The summed E-state index contributed by atoms with van der Waals surface area (Å²) >= 11 is 0. The average molecular weight is 243 g/mol. The monoisotopic (exact) mass is 243 g/mol. The summed E-state index contributed by atoms with van der Waals surface area (Å²) in [7, 11) is 0. The maximum atomic E-state index is 9.91. The first-order valence-corrected chi connectivity index (χ1v) is 6.51. The molecule has 2 N–H and O–H groups in total. The molecule has 0 radical (unpaired) electrons. The smallest absolute Gasteiger partial charge is 0.0741 e. The van der Waals surface area contributed by atoms with Crippen LogP contribution in [0, 0.1) is 0 Å². The first-order valence-electron chi connectivity index (χ1n) is 6.51. The van der Waals surface area contributed by atoms with Crippen molar-refractivity contribution in [1.29, 1.82) is 0 Å². The molecule has 0 bridgehead atoms. The van der Waals surface area contributed by atoms with Crippen LogP contribution < -0.4 is 5.32 Å². The van der Waals surface area contributed by atoms with Crippen molar-refractivity contribution in [1.82, 2.24) is 5.32 Å². The van der Waals surface area contributed by atoms with Gasteiger partial charge in [0.1, 0.15) is 0 Å². The molecule has 0 fully saturated rings. The van der Waals surface area contributed by atoms with Gasteiger partial charge in [-0.3, -0.25) is 0 Å². The number of hydrogen-bond acceptors (Lipinski definition) is 2. The van der Waals surface area contributed by atoms with Crippen LogP contribution in [0.1, 0.15) is 25.8 Å². The first kappa shape index (κ1) is 13.1. The summed E-state index contributed by atoms with van der Waals surface area (Å²) in [4.78, 5) is 0. The molecule has 96 valence electrons. The molecule has 2 nitrogen and oxygen atoms in total. The lowest BCUT2D eigenvalue weighted by Gasteiger charge is -2.21. The van der Waals surface area contributed by atoms with E-state index in [1.54, 1.807) is 0 Å². The summed E-state index contributed by atoms with van der Waals surface area (Å²) in [6.07, 6.45) is 0.762. The average Bonchev–Trinajstić information content (AvgIpc) is 2.38. The van der Waals surface area contributed by atoms with Crippen molar-refractivity contribution in [3.05, 3.63) is 48.0 Å². The summed E-state index contributed by atoms with van der Waals surface area (Å²) in [5.41, 5.74) is 0.636. The van der Waals surface area contributed by atoms with E-state index in [-0.39, 0.29) is 0 Å². The molecule has 0 aliphatic heterocycles. The van der Waals surface area contributed by atoms with Gasteiger partial charge in [0.05, 0.1) is 5.60 Å². The van der Waals surface area contributed by atoms with Gasteiger partial charge in [-0.15, -0.1) is 0 Å². The predicted octanol–water partition coefficient (Wildman–Crippen LogP) is 3.09. The summed E-state index contributed by atoms with van der Waals surface area (Å²) in [6, 6.07) is 14.8. The standard InChI is InChI=1S/C16H21NO/c1-3-16(2,18)12-17-11-13-8-9-14-6-4-5-7-15(14)10-13/h4-10,17-18H,3,11-12H2,1-2H3. The minimum Gasteiger partial charge on any atom is -0.389 e. The molecule has 0 aliphatic rings. The zero-order valence-corrected chi connectivity index (χ0v) is 11.1. The second-order valence-electron chi connectivity index (χ2n) is 5.14. The van der Waals surface area contributed by atoms with Crippen molar-refractivity contribution in [2.75, 3.05) is 6.54 Å². The Labute approximate surface area is 109 Å². The zero-order valence-electron chi connectivity index (χ0n) is 11.1. The maximum absolute atomic E-state index is 9.91. The molecule has 0 saturated heterocycles. The molecule has 0 aromatic heterocycles. The Morgan fingerprint density at radius 1 is 1.11 bits per heavy atom. The van der Waals surface area contributed by atoms with E-state index in [2.05, 4.69) is 47.8 Å². The summed E-state index contributed by atoms with van der Waals surface area (Å²) in [5, 5.41) is 15.7. The Bertz CT molecular complexity index is 519. The molecule has 0 spiro atoms. The highest BCUT2D eigenvalue weighted by Crippen LogP contribution is 2.15. The minimum absolute atomic E-state index is 0.614. The number of benzene rings is 2. The van der Waals surface area contributed by atoms with Crippen molar-refractivity contribution in [3.63, 3.8) is 0 Å². The van der Waals surface area contributed by atoms with Gasteiger partial charge in [-0.1, -0.05) is 43.3 Å². The second-order valence-corrected chi connectivity index (χ2v) is 5.14. The molecule has 0 saturated carbocycles. The Hall–Kier alpha value is -1.38. The van der Waals surface area contributed by atoms with Gasteiger partial charge in [0.15, 0.2) is 0 Å². The van der Waals surface area contributed by atoms with Crippen LogP contribution in [0.3, 0.4) is 0 Å². The molecule has 0 amide bonds. The number of hydrogen-bond donors (Lipinski definition) is 2. The fourth-order valence-electron chi connectivity index (χ4n) is 1.95. The van der Waals surface area contributed by atoms with Crippen LogP contribution in [0.25, 0.3) is 10.8 Å². The van der Waals surface area contributed by atoms with E-state index in [4.69, 9.17) is 0 Å². The summed E-state index contributed by atoms with van der Waals surface area (Å²) in [6.45, 7) is 5.27. The number of nitrogens with one attached hydrogen (secondary N) is 1. The topological polar surface area (TPSA) is 32.3 Å². The van der Waals surface area contributed by atoms with Gasteiger partial charge in [-0.05, 0) is 35.7 Å². The van der Waals surface area contributed by atoms with Gasteiger partial charge < -0.3 is 10.4 Å².